The third-order valence-electron chi connectivity index (χ3n) is 10.9. The molecule has 12 atom stereocenters. The second-order valence-electron chi connectivity index (χ2n) is 13.3. The Hall–Kier alpha value is -0.550. The summed E-state index contributed by atoms with van der Waals surface area (Å²) in [5, 5.41) is 44.4. The van der Waals surface area contributed by atoms with E-state index >= 15 is 0 Å². The van der Waals surface area contributed by atoms with Crippen molar-refractivity contribution in [1.82, 2.24) is 0 Å². The summed E-state index contributed by atoms with van der Waals surface area (Å²) in [6.45, 7) is 10.1. The number of aliphatic hydroxyl groups excluding tert-OH is 3. The number of rotatable bonds is 6. The summed E-state index contributed by atoms with van der Waals surface area (Å²) in [5.74, 6) is -0.912. The summed E-state index contributed by atoms with van der Waals surface area (Å²) >= 11 is 0. The van der Waals surface area contributed by atoms with Gasteiger partial charge < -0.3 is 20.4 Å². The van der Waals surface area contributed by atoms with E-state index in [-0.39, 0.29) is 41.4 Å². The highest BCUT2D eigenvalue weighted by Crippen LogP contribution is 2.70. The number of allylic oxidation sites excluding steroid dienone is 1. The fourth-order valence-corrected chi connectivity index (χ4v) is 9.70. The Morgan fingerprint density at radius 2 is 1.64 bits per heavy atom. The van der Waals surface area contributed by atoms with Crippen molar-refractivity contribution in [3.8, 4) is 0 Å². The summed E-state index contributed by atoms with van der Waals surface area (Å²) in [5.41, 5.74) is -2.25. The van der Waals surface area contributed by atoms with Crippen LogP contribution in [0.25, 0.3) is 0 Å². The quantitative estimate of drug-likeness (QED) is 0.260. The molecule has 0 heterocycles. The third kappa shape index (κ3) is 4.71. The van der Waals surface area contributed by atoms with E-state index in [0.29, 0.717) is 25.7 Å². The first kappa shape index (κ1) is 28.5. The second-order valence-corrected chi connectivity index (χ2v) is 14.3. The molecule has 4 rings (SSSR count). The van der Waals surface area contributed by atoms with Crippen LogP contribution >= 0.6 is 0 Å². The van der Waals surface area contributed by atoms with Gasteiger partial charge in [0.1, 0.15) is 0 Å². The van der Waals surface area contributed by atoms with Crippen LogP contribution < -0.4 is 0 Å². The molecule has 4 fully saturated rings. The Labute approximate surface area is 216 Å². The number of aliphatic hydroxyl groups is 4. The second kappa shape index (κ2) is 9.57. The van der Waals surface area contributed by atoms with Crippen molar-refractivity contribution in [2.45, 2.75) is 110 Å². The maximum absolute atomic E-state index is 12.5. The van der Waals surface area contributed by atoms with E-state index in [1.165, 1.54) is 0 Å². The zero-order chi connectivity index (χ0) is 26.8. The first-order valence-corrected chi connectivity index (χ1v) is 15.0. The maximum atomic E-state index is 12.5. The molecule has 0 saturated heterocycles. The van der Waals surface area contributed by atoms with E-state index in [1.807, 2.05) is 26.8 Å². The van der Waals surface area contributed by atoms with Gasteiger partial charge in [-0.1, -0.05) is 46.8 Å². The normalized spacial score (nSPS) is 48.9. The van der Waals surface area contributed by atoms with Crippen molar-refractivity contribution in [1.29, 1.82) is 0 Å². The van der Waals surface area contributed by atoms with Gasteiger partial charge in [-0.3, -0.25) is 4.55 Å². The highest BCUT2D eigenvalue weighted by Gasteiger charge is 2.71. The van der Waals surface area contributed by atoms with Crippen molar-refractivity contribution in [3.63, 3.8) is 0 Å². The van der Waals surface area contributed by atoms with Crippen molar-refractivity contribution >= 4 is 10.4 Å². The van der Waals surface area contributed by atoms with Gasteiger partial charge in [-0.15, -0.1) is 0 Å². The first-order chi connectivity index (χ1) is 16.5. The molecule has 0 amide bonds. The summed E-state index contributed by atoms with van der Waals surface area (Å²) < 4.78 is 38.8. The molecule has 0 aromatic rings. The molecule has 4 saturated carbocycles. The van der Waals surface area contributed by atoms with Crippen LogP contribution in [0.1, 0.15) is 79.6 Å². The topological polar surface area (TPSA) is 145 Å². The lowest BCUT2D eigenvalue weighted by Crippen LogP contribution is -2.68. The predicted octanol–water partition coefficient (Wildman–Crippen LogP) is 3.10. The van der Waals surface area contributed by atoms with E-state index < -0.39 is 51.7 Å². The van der Waals surface area contributed by atoms with E-state index in [1.54, 1.807) is 6.08 Å². The minimum atomic E-state index is -4.76. The monoisotopic (exact) mass is 530 g/mol. The van der Waals surface area contributed by atoms with E-state index in [0.717, 1.165) is 12.8 Å². The molecular formula is C27H46O8S. The smallest absolute Gasteiger partial charge is 0.393 e. The SMILES string of the molecule is CC(C)C(O)/C=C/[C@@H](C)[C@H]1CC(OS(=O)(=O)O)C2[C@]3(O)C[C@@H](O)C4C[C@@H](O)CC[C@]4(C)C3CC[C@@]21C. The number of hydrogen-bond donors (Lipinski definition) is 5. The standard InChI is InChI=1S/C27H46O8S/c1-15(2)20(29)7-6-16(3)18-13-22(35-36(32,33)34)24-26(18,5)11-9-23-25(4)10-8-17(28)12-19(25)21(30)14-27(23,24)31/h6-7,15-24,28-31H,8-14H2,1-5H3,(H,32,33,34)/b7-6+/t16-,17+,18-,19?,20?,21-,22?,23?,24?,25+,26-,27+/m1/s1. The Morgan fingerprint density at radius 3 is 2.25 bits per heavy atom. The Bertz CT molecular complexity index is 951. The average Bonchev–Trinajstić information content (AvgIpc) is 3.04. The lowest BCUT2D eigenvalue weighted by molar-refractivity contribution is -0.261. The summed E-state index contributed by atoms with van der Waals surface area (Å²) in [6, 6.07) is 0. The van der Waals surface area contributed by atoms with Gasteiger partial charge in [-0.25, -0.2) is 4.18 Å². The van der Waals surface area contributed by atoms with Crippen molar-refractivity contribution in [3.05, 3.63) is 12.2 Å². The van der Waals surface area contributed by atoms with Gasteiger partial charge in [-0.05, 0) is 78.9 Å². The van der Waals surface area contributed by atoms with Crippen molar-refractivity contribution in [2.24, 2.45) is 46.3 Å². The Morgan fingerprint density at radius 1 is 1.00 bits per heavy atom. The van der Waals surface area contributed by atoms with Gasteiger partial charge in [0.2, 0.25) is 0 Å². The van der Waals surface area contributed by atoms with Crippen LogP contribution in [-0.4, -0.2) is 63.4 Å². The van der Waals surface area contributed by atoms with Crippen LogP contribution in [0.2, 0.25) is 0 Å². The first-order valence-electron chi connectivity index (χ1n) is 13.6. The lowest BCUT2D eigenvalue weighted by Gasteiger charge is -2.66. The highest BCUT2D eigenvalue weighted by atomic mass is 32.3. The highest BCUT2D eigenvalue weighted by molar-refractivity contribution is 7.80. The minimum Gasteiger partial charge on any atom is -0.393 e. The molecule has 8 nitrogen and oxygen atoms in total. The van der Waals surface area contributed by atoms with Crippen LogP contribution in [0.3, 0.4) is 0 Å². The van der Waals surface area contributed by atoms with E-state index in [9.17, 15) is 33.4 Å². The van der Waals surface area contributed by atoms with Crippen LogP contribution in [-0.2, 0) is 14.6 Å². The third-order valence-corrected chi connectivity index (χ3v) is 11.4. The molecular weight excluding hydrogens is 484 g/mol. The average molecular weight is 531 g/mol. The van der Waals surface area contributed by atoms with Gasteiger partial charge >= 0.3 is 10.4 Å². The van der Waals surface area contributed by atoms with Crippen molar-refractivity contribution in [2.75, 3.05) is 0 Å². The summed E-state index contributed by atoms with van der Waals surface area (Å²) in [6.07, 6.45) is 4.69. The van der Waals surface area contributed by atoms with Gasteiger partial charge in [0.15, 0.2) is 0 Å². The van der Waals surface area contributed by atoms with E-state index in [4.69, 9.17) is 4.18 Å². The molecule has 5 unspecified atom stereocenters. The molecule has 9 heteroatoms. The van der Waals surface area contributed by atoms with Gasteiger partial charge in [0.25, 0.3) is 0 Å². The molecule has 5 N–H and O–H groups in total. The molecule has 0 spiro atoms. The Kier molecular flexibility index (Phi) is 7.57. The molecule has 4 aliphatic rings. The van der Waals surface area contributed by atoms with Gasteiger partial charge in [0, 0.05) is 12.3 Å². The van der Waals surface area contributed by atoms with Crippen LogP contribution in [0.15, 0.2) is 12.2 Å². The molecule has 4 aliphatic carbocycles. The number of hydrogen-bond acceptors (Lipinski definition) is 7. The predicted molar refractivity (Wildman–Crippen MR) is 135 cm³/mol. The fourth-order valence-electron chi connectivity index (χ4n) is 9.20. The molecule has 0 aliphatic heterocycles. The fraction of sp³-hybridized carbons (Fsp3) is 0.926. The van der Waals surface area contributed by atoms with Gasteiger partial charge in [0.05, 0.1) is 30.0 Å². The van der Waals surface area contributed by atoms with Crippen molar-refractivity contribution < 1.29 is 37.6 Å². The Balaban J connectivity index is 1.73. The van der Waals surface area contributed by atoms with Crippen LogP contribution in [0.5, 0.6) is 0 Å². The molecule has 36 heavy (non-hydrogen) atoms. The zero-order valence-electron chi connectivity index (χ0n) is 22.2. The van der Waals surface area contributed by atoms with E-state index in [2.05, 4.69) is 13.8 Å². The molecule has 0 bridgehead atoms. The molecule has 0 aromatic heterocycles. The minimum absolute atomic E-state index is 0.0253. The summed E-state index contributed by atoms with van der Waals surface area (Å²) in [4.78, 5) is 0. The van der Waals surface area contributed by atoms with Crippen LogP contribution in [0.4, 0.5) is 0 Å². The lowest BCUT2D eigenvalue weighted by atomic mass is 9.42. The van der Waals surface area contributed by atoms with Gasteiger partial charge in [-0.2, -0.15) is 8.42 Å². The van der Waals surface area contributed by atoms with Crippen LogP contribution in [0, 0.1) is 46.3 Å². The molecule has 0 radical (unpaired) electrons. The number of fused-ring (bicyclic) bond motifs is 5. The maximum Gasteiger partial charge on any atom is 0.397 e. The molecule has 0 aromatic carbocycles. The summed E-state index contributed by atoms with van der Waals surface area (Å²) in [7, 11) is -4.76. The largest absolute Gasteiger partial charge is 0.397 e. The molecule has 208 valence electrons. The zero-order valence-corrected chi connectivity index (χ0v) is 23.1.